The molecule has 1 N–H and O–H groups in total. The molecule has 3 aromatic carbocycles. The molecule has 4 aromatic rings. The van der Waals surface area contributed by atoms with E-state index < -0.39 is 23.4 Å². The molecule has 0 unspecified atom stereocenters. The summed E-state index contributed by atoms with van der Waals surface area (Å²) in [5, 5.41) is 2.79. The molecule has 1 heterocycles. The summed E-state index contributed by atoms with van der Waals surface area (Å²) in [6.07, 6.45) is 0. The monoisotopic (exact) mass is 481 g/mol. The van der Waals surface area contributed by atoms with Gasteiger partial charge in [0.25, 0.3) is 5.91 Å². The second kappa shape index (κ2) is 9.15. The minimum atomic E-state index is -0.756. The molecule has 0 fully saturated rings. The smallest absolute Gasteiger partial charge is 0.338 e. The molecule has 1 amide bonds. The van der Waals surface area contributed by atoms with Crippen molar-refractivity contribution < 1.29 is 18.7 Å². The van der Waals surface area contributed by atoms with Crippen LogP contribution >= 0.6 is 11.6 Å². The normalized spacial score (nSPS) is 11.0. The number of methoxy groups -OCH3 is 1. The number of hydrogen-bond acceptors (Lipinski definition) is 4. The van der Waals surface area contributed by atoms with Crippen molar-refractivity contribution in [3.8, 4) is 5.69 Å². The van der Waals surface area contributed by atoms with Crippen molar-refractivity contribution in [2.45, 2.75) is 13.5 Å². The summed E-state index contributed by atoms with van der Waals surface area (Å²) in [5.74, 6) is -1.79. The highest BCUT2D eigenvalue weighted by molar-refractivity contribution is 6.31. The zero-order chi connectivity index (χ0) is 24.6. The van der Waals surface area contributed by atoms with E-state index in [-0.39, 0.29) is 17.8 Å². The number of carbonyl (C=O) groups excluding carboxylic acids is 2. The maximum Gasteiger partial charge on any atom is 0.338 e. The molecule has 0 aliphatic rings. The Balaban J connectivity index is 1.90. The molecule has 4 rings (SSSR count). The third-order valence-electron chi connectivity index (χ3n) is 5.75. The van der Waals surface area contributed by atoms with Gasteiger partial charge in [-0.3, -0.25) is 13.9 Å². The topological polar surface area (TPSA) is 82.3 Å². The number of amides is 1. The first-order valence-electron chi connectivity index (χ1n) is 10.4. The highest BCUT2D eigenvalue weighted by Crippen LogP contribution is 2.25. The van der Waals surface area contributed by atoms with Gasteiger partial charge >= 0.3 is 11.7 Å². The molecule has 1 aromatic heterocycles. The molecule has 0 saturated heterocycles. The first-order valence-corrected chi connectivity index (χ1v) is 10.7. The van der Waals surface area contributed by atoms with Crippen LogP contribution in [0.2, 0.25) is 5.02 Å². The van der Waals surface area contributed by atoms with Crippen LogP contribution in [0.4, 0.5) is 4.39 Å². The second-order valence-corrected chi connectivity index (χ2v) is 8.10. The van der Waals surface area contributed by atoms with E-state index in [1.807, 2.05) is 6.07 Å². The molecule has 34 heavy (non-hydrogen) atoms. The van der Waals surface area contributed by atoms with Gasteiger partial charge in [0.2, 0.25) is 0 Å². The zero-order valence-electron chi connectivity index (χ0n) is 18.7. The van der Waals surface area contributed by atoms with Crippen LogP contribution in [0.3, 0.4) is 0 Å². The lowest BCUT2D eigenvalue weighted by molar-refractivity contribution is 0.0599. The van der Waals surface area contributed by atoms with Crippen LogP contribution in [0.25, 0.3) is 16.7 Å². The number of carbonyl (C=O) groups is 2. The first-order chi connectivity index (χ1) is 16.3. The van der Waals surface area contributed by atoms with Gasteiger partial charge in [-0.1, -0.05) is 23.7 Å². The quantitative estimate of drug-likeness (QED) is 0.435. The fourth-order valence-electron chi connectivity index (χ4n) is 3.95. The summed E-state index contributed by atoms with van der Waals surface area (Å²) in [5.41, 5.74) is 2.60. The predicted octanol–water partition coefficient (Wildman–Crippen LogP) is 4.09. The molecule has 0 saturated carbocycles. The summed E-state index contributed by atoms with van der Waals surface area (Å²) in [6.45, 7) is 1.95. The van der Waals surface area contributed by atoms with Gasteiger partial charge in [0.1, 0.15) is 5.82 Å². The van der Waals surface area contributed by atoms with Gasteiger partial charge in [0.05, 0.1) is 41.5 Å². The SMILES string of the molecule is CNC(=O)c1ccc(-n2c(=O)n(Cc3cccc(C(=O)OC)c3C)c3ccc(Cl)cc32)cc1F. The van der Waals surface area contributed by atoms with E-state index in [9.17, 15) is 18.8 Å². The lowest BCUT2D eigenvalue weighted by Gasteiger charge is -2.11. The highest BCUT2D eigenvalue weighted by atomic mass is 35.5. The van der Waals surface area contributed by atoms with Crippen molar-refractivity contribution >= 4 is 34.5 Å². The molecule has 7 nitrogen and oxygen atoms in total. The van der Waals surface area contributed by atoms with E-state index in [4.69, 9.17) is 16.3 Å². The molecule has 0 bridgehead atoms. The maximum atomic E-state index is 14.7. The van der Waals surface area contributed by atoms with Crippen LogP contribution in [-0.4, -0.2) is 35.2 Å². The number of imidazole rings is 1. The van der Waals surface area contributed by atoms with Gasteiger partial charge in [0.15, 0.2) is 0 Å². The van der Waals surface area contributed by atoms with Crippen LogP contribution in [0.1, 0.15) is 31.8 Å². The summed E-state index contributed by atoms with van der Waals surface area (Å²) in [6, 6.07) is 14.2. The number of benzene rings is 3. The molecule has 0 atom stereocenters. The predicted molar refractivity (Wildman–Crippen MR) is 128 cm³/mol. The van der Waals surface area contributed by atoms with Gasteiger partial charge in [-0.05, 0) is 60.5 Å². The van der Waals surface area contributed by atoms with Crippen molar-refractivity contribution in [1.29, 1.82) is 0 Å². The second-order valence-electron chi connectivity index (χ2n) is 7.66. The molecular formula is C25H21ClFN3O4. The van der Waals surface area contributed by atoms with Crippen LogP contribution < -0.4 is 11.0 Å². The third kappa shape index (κ3) is 3.97. The van der Waals surface area contributed by atoms with E-state index in [2.05, 4.69) is 5.32 Å². The van der Waals surface area contributed by atoms with Crippen LogP contribution in [0.15, 0.2) is 59.4 Å². The van der Waals surface area contributed by atoms with Crippen molar-refractivity contribution in [1.82, 2.24) is 14.5 Å². The van der Waals surface area contributed by atoms with Crippen LogP contribution in [0, 0.1) is 12.7 Å². The number of rotatable bonds is 5. The standard InChI is InChI=1S/C25H21ClFN3O4/c1-14-15(5-4-6-18(14)24(32)34-3)13-29-21-10-7-16(26)11-22(21)30(25(29)33)17-8-9-19(20(27)12-17)23(31)28-2/h4-12H,13H2,1-3H3,(H,28,31). The van der Waals surface area contributed by atoms with Crippen LogP contribution in [-0.2, 0) is 11.3 Å². The number of ether oxygens (including phenoxy) is 1. The van der Waals surface area contributed by atoms with Crippen molar-refractivity contribution in [2.75, 3.05) is 14.2 Å². The minimum absolute atomic E-state index is 0.128. The average Bonchev–Trinajstić information content (AvgIpc) is 3.09. The van der Waals surface area contributed by atoms with Gasteiger partial charge in [-0.2, -0.15) is 0 Å². The molecule has 0 aliphatic carbocycles. The van der Waals surface area contributed by atoms with E-state index in [0.29, 0.717) is 27.2 Å². The lowest BCUT2D eigenvalue weighted by Crippen LogP contribution is -2.25. The number of nitrogens with zero attached hydrogens (tertiary/aromatic N) is 2. The molecule has 0 aliphatic heterocycles. The largest absolute Gasteiger partial charge is 0.465 e. The highest BCUT2D eigenvalue weighted by Gasteiger charge is 2.19. The average molecular weight is 482 g/mol. The Morgan fingerprint density at radius 2 is 1.82 bits per heavy atom. The van der Waals surface area contributed by atoms with E-state index in [1.54, 1.807) is 37.3 Å². The Morgan fingerprint density at radius 1 is 1.06 bits per heavy atom. The Bertz CT molecular complexity index is 1510. The number of nitrogens with one attached hydrogen (secondary N) is 1. The fraction of sp³-hybridized carbons (Fsp3) is 0.160. The summed E-state index contributed by atoms with van der Waals surface area (Å²) < 4.78 is 22.4. The number of halogens is 2. The molecule has 174 valence electrons. The maximum absolute atomic E-state index is 14.7. The van der Waals surface area contributed by atoms with E-state index in [0.717, 1.165) is 11.6 Å². The third-order valence-corrected chi connectivity index (χ3v) is 5.99. The first kappa shape index (κ1) is 23.3. The van der Waals surface area contributed by atoms with E-state index >= 15 is 0 Å². The van der Waals surface area contributed by atoms with Gasteiger partial charge in [-0.25, -0.2) is 14.0 Å². The molecule has 0 radical (unpaired) electrons. The van der Waals surface area contributed by atoms with Crippen molar-refractivity contribution in [3.05, 3.63) is 98.2 Å². The molecule has 9 heteroatoms. The van der Waals surface area contributed by atoms with Crippen molar-refractivity contribution in [3.63, 3.8) is 0 Å². The summed E-state index contributed by atoms with van der Waals surface area (Å²) >= 11 is 6.21. The number of esters is 1. The number of fused-ring (bicyclic) bond motifs is 1. The lowest BCUT2D eigenvalue weighted by atomic mass is 10.0. The summed E-state index contributed by atoms with van der Waals surface area (Å²) in [4.78, 5) is 37.5. The van der Waals surface area contributed by atoms with Gasteiger partial charge < -0.3 is 10.1 Å². The van der Waals surface area contributed by atoms with Gasteiger partial charge in [0, 0.05) is 12.1 Å². The van der Waals surface area contributed by atoms with Crippen molar-refractivity contribution in [2.24, 2.45) is 0 Å². The Labute approximate surface area is 199 Å². The Morgan fingerprint density at radius 3 is 2.50 bits per heavy atom. The minimum Gasteiger partial charge on any atom is -0.465 e. The zero-order valence-corrected chi connectivity index (χ0v) is 19.4. The Kier molecular flexibility index (Phi) is 6.26. The molecule has 0 spiro atoms. The number of aromatic nitrogens is 2. The summed E-state index contributed by atoms with van der Waals surface area (Å²) in [7, 11) is 2.72. The fourth-order valence-corrected chi connectivity index (χ4v) is 4.12. The van der Waals surface area contributed by atoms with Crippen LogP contribution in [0.5, 0.6) is 0 Å². The molecular weight excluding hydrogens is 461 g/mol. The Hall–Kier alpha value is -3.91. The van der Waals surface area contributed by atoms with Gasteiger partial charge in [-0.15, -0.1) is 0 Å². The van der Waals surface area contributed by atoms with E-state index in [1.165, 1.54) is 35.4 Å². The number of hydrogen-bond donors (Lipinski definition) is 1.